The van der Waals surface area contributed by atoms with Gasteiger partial charge in [-0.05, 0) is 36.2 Å². The second-order valence-electron chi connectivity index (χ2n) is 6.37. The van der Waals surface area contributed by atoms with E-state index in [1.807, 2.05) is 30.1 Å². The molecule has 0 bridgehead atoms. The maximum atomic E-state index is 5.42. The van der Waals surface area contributed by atoms with Crippen LogP contribution < -0.4 is 4.74 Å². The molecule has 0 aliphatic carbocycles. The van der Waals surface area contributed by atoms with Gasteiger partial charge in [0.2, 0.25) is 0 Å². The standard InChI is InChI=1S/C19H21N3OS/c1-12-10-14(7-8-16(12)23-3)18-17(15-6-4-5-9-20-15)21-19-22(18)11-13(2)24-19/h4-10,13,17-18H,11H2,1-3H3/t13-,17+,18-/m1/s1. The number of methoxy groups -OCH3 is 1. The second kappa shape index (κ2) is 6.13. The van der Waals surface area contributed by atoms with Crippen molar-refractivity contribution in [2.24, 2.45) is 4.99 Å². The third-order valence-electron chi connectivity index (χ3n) is 4.64. The second-order valence-corrected chi connectivity index (χ2v) is 7.77. The number of rotatable bonds is 3. The molecular weight excluding hydrogens is 318 g/mol. The van der Waals surface area contributed by atoms with E-state index in [4.69, 9.17) is 9.73 Å². The SMILES string of the molecule is COc1ccc([C@@H]2[C@H](c3ccccn3)N=C3S[C@H](C)CN32)cc1C. The highest BCUT2D eigenvalue weighted by atomic mass is 32.2. The lowest BCUT2D eigenvalue weighted by atomic mass is 9.95. The molecule has 1 aromatic heterocycles. The van der Waals surface area contributed by atoms with Crippen molar-refractivity contribution in [2.45, 2.75) is 31.2 Å². The Labute approximate surface area is 147 Å². The predicted molar refractivity (Wildman–Crippen MR) is 98.6 cm³/mol. The molecule has 3 atom stereocenters. The Morgan fingerprint density at radius 2 is 2.12 bits per heavy atom. The minimum absolute atomic E-state index is 0.0500. The molecule has 2 aliphatic heterocycles. The Morgan fingerprint density at radius 3 is 2.83 bits per heavy atom. The van der Waals surface area contributed by atoms with E-state index in [2.05, 4.69) is 48.0 Å². The normalized spacial score (nSPS) is 25.5. The summed E-state index contributed by atoms with van der Waals surface area (Å²) in [7, 11) is 1.72. The predicted octanol–water partition coefficient (Wildman–Crippen LogP) is 3.99. The van der Waals surface area contributed by atoms with Crippen LogP contribution in [0.4, 0.5) is 0 Å². The summed E-state index contributed by atoms with van der Waals surface area (Å²) in [6.45, 7) is 5.39. The van der Waals surface area contributed by atoms with Gasteiger partial charge in [-0.1, -0.05) is 36.9 Å². The Balaban J connectivity index is 1.77. The van der Waals surface area contributed by atoms with E-state index in [-0.39, 0.29) is 12.1 Å². The molecule has 5 heteroatoms. The number of aromatic nitrogens is 1. The summed E-state index contributed by atoms with van der Waals surface area (Å²) in [5, 5.41) is 1.73. The van der Waals surface area contributed by atoms with E-state index < -0.39 is 0 Å². The summed E-state index contributed by atoms with van der Waals surface area (Å²) >= 11 is 1.87. The number of benzene rings is 1. The molecule has 0 radical (unpaired) electrons. The van der Waals surface area contributed by atoms with Gasteiger partial charge in [-0.3, -0.25) is 9.98 Å². The van der Waals surface area contributed by atoms with Gasteiger partial charge >= 0.3 is 0 Å². The molecule has 3 heterocycles. The lowest BCUT2D eigenvalue weighted by molar-refractivity contribution is 0.320. The van der Waals surface area contributed by atoms with Crippen LogP contribution >= 0.6 is 11.8 Å². The van der Waals surface area contributed by atoms with Crippen molar-refractivity contribution in [2.75, 3.05) is 13.7 Å². The number of pyridine rings is 1. The summed E-state index contributed by atoms with van der Waals surface area (Å²) < 4.78 is 5.42. The summed E-state index contributed by atoms with van der Waals surface area (Å²) in [5.74, 6) is 0.927. The molecule has 2 aromatic rings. The zero-order valence-corrected chi connectivity index (χ0v) is 15.0. The smallest absolute Gasteiger partial charge is 0.160 e. The quantitative estimate of drug-likeness (QED) is 0.847. The van der Waals surface area contributed by atoms with Crippen molar-refractivity contribution in [3.63, 3.8) is 0 Å². The molecular formula is C19H21N3OS. The maximum Gasteiger partial charge on any atom is 0.160 e. The molecule has 0 amide bonds. The van der Waals surface area contributed by atoms with Gasteiger partial charge in [-0.2, -0.15) is 0 Å². The number of nitrogens with zero attached hydrogens (tertiary/aromatic N) is 3. The molecule has 124 valence electrons. The van der Waals surface area contributed by atoms with E-state index in [0.717, 1.165) is 28.7 Å². The molecule has 2 aliphatic rings. The van der Waals surface area contributed by atoms with Crippen molar-refractivity contribution in [1.82, 2.24) is 9.88 Å². The lowest BCUT2D eigenvalue weighted by Crippen LogP contribution is -2.28. The topological polar surface area (TPSA) is 37.7 Å². The first-order valence-electron chi connectivity index (χ1n) is 8.24. The van der Waals surface area contributed by atoms with Crippen LogP contribution in [-0.2, 0) is 0 Å². The van der Waals surface area contributed by atoms with E-state index in [0.29, 0.717) is 5.25 Å². The molecule has 0 N–H and O–H groups in total. The molecule has 0 saturated carbocycles. The summed E-state index contributed by atoms with van der Waals surface area (Å²) in [6.07, 6.45) is 1.85. The number of ether oxygens (including phenoxy) is 1. The molecule has 1 saturated heterocycles. The van der Waals surface area contributed by atoms with Crippen LogP contribution in [0.15, 0.2) is 47.6 Å². The van der Waals surface area contributed by atoms with E-state index in [9.17, 15) is 0 Å². The molecule has 4 nitrogen and oxygen atoms in total. The number of aryl methyl sites for hydroxylation is 1. The van der Waals surface area contributed by atoms with Crippen molar-refractivity contribution in [1.29, 1.82) is 0 Å². The van der Waals surface area contributed by atoms with Crippen LogP contribution in [0.3, 0.4) is 0 Å². The molecule has 4 rings (SSSR count). The first kappa shape index (κ1) is 15.5. The first-order valence-corrected chi connectivity index (χ1v) is 9.12. The molecule has 0 unspecified atom stereocenters. The van der Waals surface area contributed by atoms with E-state index >= 15 is 0 Å². The molecule has 0 spiro atoms. The Hall–Kier alpha value is -2.01. The molecule has 1 fully saturated rings. The van der Waals surface area contributed by atoms with Gasteiger partial charge in [0.05, 0.1) is 18.8 Å². The highest BCUT2D eigenvalue weighted by molar-refractivity contribution is 8.14. The third kappa shape index (κ3) is 2.57. The molecule has 1 aromatic carbocycles. The number of fused-ring (bicyclic) bond motifs is 1. The van der Waals surface area contributed by atoms with Gasteiger partial charge in [0, 0.05) is 18.0 Å². The number of amidine groups is 1. The van der Waals surface area contributed by atoms with Crippen molar-refractivity contribution >= 4 is 16.9 Å². The number of thioether (sulfide) groups is 1. The Morgan fingerprint density at radius 1 is 1.25 bits per heavy atom. The van der Waals surface area contributed by atoms with Crippen molar-refractivity contribution < 1.29 is 4.74 Å². The van der Waals surface area contributed by atoms with E-state index in [1.54, 1.807) is 7.11 Å². The highest BCUT2D eigenvalue weighted by Gasteiger charge is 2.43. The minimum atomic E-state index is 0.0500. The van der Waals surface area contributed by atoms with Gasteiger partial charge in [0.15, 0.2) is 5.17 Å². The van der Waals surface area contributed by atoms with Crippen molar-refractivity contribution in [3.05, 3.63) is 59.4 Å². The average molecular weight is 339 g/mol. The minimum Gasteiger partial charge on any atom is -0.496 e. The van der Waals surface area contributed by atoms with Crippen LogP contribution in [0.1, 0.15) is 35.8 Å². The van der Waals surface area contributed by atoms with Gasteiger partial charge in [-0.15, -0.1) is 0 Å². The van der Waals surface area contributed by atoms with Crippen LogP contribution in [0, 0.1) is 6.92 Å². The summed E-state index contributed by atoms with van der Waals surface area (Å²) in [4.78, 5) is 12.0. The lowest BCUT2D eigenvalue weighted by Gasteiger charge is -2.27. The molecule has 24 heavy (non-hydrogen) atoms. The van der Waals surface area contributed by atoms with Gasteiger partial charge < -0.3 is 9.64 Å². The monoisotopic (exact) mass is 339 g/mol. The van der Waals surface area contributed by atoms with Gasteiger partial charge in [-0.25, -0.2) is 0 Å². The first-order chi connectivity index (χ1) is 11.7. The van der Waals surface area contributed by atoms with Crippen molar-refractivity contribution in [3.8, 4) is 5.75 Å². The third-order valence-corrected chi connectivity index (χ3v) is 5.74. The zero-order chi connectivity index (χ0) is 16.7. The Bertz CT molecular complexity index is 777. The maximum absolute atomic E-state index is 5.42. The largest absolute Gasteiger partial charge is 0.496 e. The number of hydrogen-bond donors (Lipinski definition) is 0. The number of hydrogen-bond acceptors (Lipinski definition) is 5. The summed E-state index contributed by atoms with van der Waals surface area (Å²) in [6, 6.07) is 12.8. The fourth-order valence-corrected chi connectivity index (χ4v) is 4.66. The van der Waals surface area contributed by atoms with Gasteiger partial charge in [0.1, 0.15) is 11.8 Å². The van der Waals surface area contributed by atoms with E-state index in [1.165, 1.54) is 5.56 Å². The summed E-state index contributed by atoms with van der Waals surface area (Å²) in [5.41, 5.74) is 3.46. The fraction of sp³-hybridized carbons (Fsp3) is 0.368. The zero-order valence-electron chi connectivity index (χ0n) is 14.1. The highest BCUT2D eigenvalue weighted by Crippen LogP contribution is 2.47. The van der Waals surface area contributed by atoms with Crippen LogP contribution in [0.25, 0.3) is 0 Å². The Kier molecular flexibility index (Phi) is 3.96. The van der Waals surface area contributed by atoms with Gasteiger partial charge in [0.25, 0.3) is 0 Å². The number of aliphatic imine (C=N–C) groups is 1. The van der Waals surface area contributed by atoms with Crippen LogP contribution in [0.2, 0.25) is 0 Å². The average Bonchev–Trinajstić information content (AvgIpc) is 3.11. The van der Waals surface area contributed by atoms with Crippen LogP contribution in [0.5, 0.6) is 5.75 Å². The fourth-order valence-electron chi connectivity index (χ4n) is 3.56. The van der Waals surface area contributed by atoms with Crippen LogP contribution in [-0.4, -0.2) is 34.0 Å².